The highest BCUT2D eigenvalue weighted by Gasteiger charge is 2.18. The minimum Gasteiger partial charge on any atom is -0.496 e. The largest absolute Gasteiger partial charge is 0.496 e. The number of para-hydroxylation sites is 1. The number of amides is 2. The quantitative estimate of drug-likeness (QED) is 0.718. The van der Waals surface area contributed by atoms with Crippen LogP contribution in [0.5, 0.6) is 5.75 Å². The number of nitrogens with zero attached hydrogens (tertiary/aromatic N) is 1. The Kier molecular flexibility index (Phi) is 5.81. The van der Waals surface area contributed by atoms with Crippen molar-refractivity contribution in [1.29, 1.82) is 0 Å². The molecule has 0 atom stereocenters. The van der Waals surface area contributed by atoms with Crippen LogP contribution in [0, 0.1) is 0 Å². The Bertz CT molecular complexity index is 449. The number of benzene rings is 1. The molecule has 1 aromatic carbocycles. The lowest BCUT2D eigenvalue weighted by atomic mass is 10.2. The number of methoxy groups -OCH3 is 1. The van der Waals surface area contributed by atoms with Gasteiger partial charge in [-0.25, -0.2) is 0 Å². The van der Waals surface area contributed by atoms with E-state index in [0.717, 1.165) is 5.56 Å². The molecule has 104 valence electrons. The molecule has 0 aliphatic heterocycles. The summed E-state index contributed by atoms with van der Waals surface area (Å²) in [7, 11) is 3.13. The monoisotopic (exact) mass is 265 g/mol. The smallest absolute Gasteiger partial charge is 0.311 e. The van der Waals surface area contributed by atoms with E-state index in [1.165, 1.54) is 4.90 Å². The Morgan fingerprint density at radius 2 is 2.05 bits per heavy atom. The topological polar surface area (TPSA) is 84.7 Å². The summed E-state index contributed by atoms with van der Waals surface area (Å²) in [6, 6.07) is 7.35. The summed E-state index contributed by atoms with van der Waals surface area (Å²) < 4.78 is 5.20. The summed E-state index contributed by atoms with van der Waals surface area (Å²) in [5.41, 5.74) is 6.10. The maximum absolute atomic E-state index is 11.8. The molecule has 0 heterocycles. The summed E-state index contributed by atoms with van der Waals surface area (Å²) in [5.74, 6) is -0.563. The van der Waals surface area contributed by atoms with Crippen LogP contribution in [0.2, 0.25) is 0 Å². The SMILES string of the molecule is COc1ccccc1CN(C)C(=O)C(=O)NCCN. The molecule has 1 aromatic rings. The molecule has 0 aromatic heterocycles. The number of ether oxygens (including phenoxy) is 1. The highest BCUT2D eigenvalue weighted by molar-refractivity contribution is 6.34. The Morgan fingerprint density at radius 1 is 1.37 bits per heavy atom. The van der Waals surface area contributed by atoms with Crippen molar-refractivity contribution in [2.24, 2.45) is 5.73 Å². The van der Waals surface area contributed by atoms with Crippen LogP contribution in [-0.2, 0) is 16.1 Å². The minimum absolute atomic E-state index is 0.285. The molecule has 0 saturated carbocycles. The molecular formula is C13H19N3O3. The molecule has 0 unspecified atom stereocenters. The van der Waals surface area contributed by atoms with E-state index in [9.17, 15) is 9.59 Å². The zero-order valence-electron chi connectivity index (χ0n) is 11.2. The van der Waals surface area contributed by atoms with Gasteiger partial charge in [-0.2, -0.15) is 0 Å². The summed E-state index contributed by atoms with van der Waals surface area (Å²) in [6.45, 7) is 0.890. The fourth-order valence-corrected chi connectivity index (χ4v) is 1.60. The van der Waals surface area contributed by atoms with Gasteiger partial charge >= 0.3 is 11.8 Å². The molecule has 2 amide bonds. The number of hydrogen-bond donors (Lipinski definition) is 2. The molecule has 0 saturated heterocycles. The summed E-state index contributed by atoms with van der Waals surface area (Å²) in [4.78, 5) is 24.6. The molecule has 6 nitrogen and oxygen atoms in total. The van der Waals surface area contributed by atoms with Gasteiger partial charge in [-0.1, -0.05) is 18.2 Å². The average molecular weight is 265 g/mol. The van der Waals surface area contributed by atoms with Gasteiger partial charge in [0.25, 0.3) is 0 Å². The van der Waals surface area contributed by atoms with Crippen LogP contribution in [0.4, 0.5) is 0 Å². The van der Waals surface area contributed by atoms with Crippen LogP contribution in [0.1, 0.15) is 5.56 Å². The van der Waals surface area contributed by atoms with Crippen molar-refractivity contribution in [3.8, 4) is 5.75 Å². The fourth-order valence-electron chi connectivity index (χ4n) is 1.60. The lowest BCUT2D eigenvalue weighted by Gasteiger charge is -2.18. The number of nitrogens with one attached hydrogen (secondary N) is 1. The summed E-state index contributed by atoms with van der Waals surface area (Å²) >= 11 is 0. The third-order valence-electron chi connectivity index (χ3n) is 2.57. The highest BCUT2D eigenvalue weighted by Crippen LogP contribution is 2.18. The second-order valence-electron chi connectivity index (χ2n) is 4.02. The van der Waals surface area contributed by atoms with Crippen LogP contribution in [0.25, 0.3) is 0 Å². The van der Waals surface area contributed by atoms with E-state index in [1.54, 1.807) is 14.2 Å². The number of hydrogen-bond acceptors (Lipinski definition) is 4. The average Bonchev–Trinajstić information content (AvgIpc) is 2.44. The molecule has 19 heavy (non-hydrogen) atoms. The standard InChI is InChI=1S/C13H19N3O3/c1-16(13(18)12(17)15-8-7-14)9-10-5-3-4-6-11(10)19-2/h3-6H,7-9,14H2,1-2H3,(H,15,17). The third kappa shape index (κ3) is 4.26. The van der Waals surface area contributed by atoms with Crippen LogP contribution < -0.4 is 15.8 Å². The highest BCUT2D eigenvalue weighted by atomic mass is 16.5. The molecule has 0 radical (unpaired) electrons. The molecule has 0 aliphatic carbocycles. The van der Waals surface area contributed by atoms with Crippen molar-refractivity contribution in [2.75, 3.05) is 27.2 Å². The first-order chi connectivity index (χ1) is 9.10. The Morgan fingerprint density at radius 3 is 2.68 bits per heavy atom. The second-order valence-corrected chi connectivity index (χ2v) is 4.02. The van der Waals surface area contributed by atoms with E-state index in [0.29, 0.717) is 18.8 Å². The molecule has 1 rings (SSSR count). The lowest BCUT2D eigenvalue weighted by Crippen LogP contribution is -2.42. The minimum atomic E-state index is -0.650. The van der Waals surface area contributed by atoms with Crippen LogP contribution in [-0.4, -0.2) is 44.0 Å². The number of rotatable bonds is 5. The van der Waals surface area contributed by atoms with E-state index >= 15 is 0 Å². The van der Waals surface area contributed by atoms with Crippen molar-refractivity contribution >= 4 is 11.8 Å². The molecular weight excluding hydrogens is 246 g/mol. The van der Waals surface area contributed by atoms with E-state index in [-0.39, 0.29) is 6.54 Å². The zero-order valence-corrected chi connectivity index (χ0v) is 11.2. The van der Waals surface area contributed by atoms with Crippen LogP contribution in [0.3, 0.4) is 0 Å². The van der Waals surface area contributed by atoms with E-state index in [4.69, 9.17) is 10.5 Å². The second kappa shape index (κ2) is 7.38. The molecule has 0 fully saturated rings. The van der Waals surface area contributed by atoms with E-state index in [1.807, 2.05) is 24.3 Å². The van der Waals surface area contributed by atoms with Gasteiger partial charge in [0, 0.05) is 32.2 Å². The summed E-state index contributed by atoms with van der Waals surface area (Å²) in [6.07, 6.45) is 0. The van der Waals surface area contributed by atoms with Crippen molar-refractivity contribution in [2.45, 2.75) is 6.54 Å². The number of carbonyl (C=O) groups is 2. The first kappa shape index (κ1) is 15.0. The normalized spacial score (nSPS) is 9.84. The van der Waals surface area contributed by atoms with Gasteiger partial charge in [-0.3, -0.25) is 9.59 Å². The maximum Gasteiger partial charge on any atom is 0.311 e. The Labute approximate surface area is 112 Å². The van der Waals surface area contributed by atoms with E-state index in [2.05, 4.69) is 5.32 Å². The zero-order chi connectivity index (χ0) is 14.3. The van der Waals surface area contributed by atoms with Crippen molar-refractivity contribution < 1.29 is 14.3 Å². The van der Waals surface area contributed by atoms with Crippen molar-refractivity contribution in [1.82, 2.24) is 10.2 Å². The molecule has 0 bridgehead atoms. The third-order valence-corrected chi connectivity index (χ3v) is 2.57. The van der Waals surface area contributed by atoms with Gasteiger partial charge in [0.15, 0.2) is 0 Å². The van der Waals surface area contributed by atoms with Gasteiger partial charge in [0.05, 0.1) is 7.11 Å². The first-order valence-corrected chi connectivity index (χ1v) is 5.95. The molecule has 3 N–H and O–H groups in total. The van der Waals surface area contributed by atoms with Gasteiger partial charge in [0.2, 0.25) is 0 Å². The van der Waals surface area contributed by atoms with Gasteiger partial charge in [0.1, 0.15) is 5.75 Å². The Balaban J connectivity index is 2.66. The maximum atomic E-state index is 11.8. The first-order valence-electron chi connectivity index (χ1n) is 5.95. The fraction of sp³-hybridized carbons (Fsp3) is 0.385. The molecule has 0 spiro atoms. The van der Waals surface area contributed by atoms with Gasteiger partial charge in [-0.15, -0.1) is 0 Å². The predicted octanol–water partition coefficient (Wildman–Crippen LogP) is -0.271. The van der Waals surface area contributed by atoms with Gasteiger partial charge in [-0.05, 0) is 6.07 Å². The van der Waals surface area contributed by atoms with Crippen molar-refractivity contribution in [3.63, 3.8) is 0 Å². The van der Waals surface area contributed by atoms with E-state index < -0.39 is 11.8 Å². The van der Waals surface area contributed by atoms with Crippen LogP contribution in [0.15, 0.2) is 24.3 Å². The van der Waals surface area contributed by atoms with Crippen LogP contribution >= 0.6 is 0 Å². The number of carbonyl (C=O) groups excluding carboxylic acids is 2. The van der Waals surface area contributed by atoms with Crippen molar-refractivity contribution in [3.05, 3.63) is 29.8 Å². The predicted molar refractivity (Wildman–Crippen MR) is 71.5 cm³/mol. The summed E-state index contributed by atoms with van der Waals surface area (Å²) in [5, 5.41) is 2.44. The molecule has 0 aliphatic rings. The number of nitrogens with two attached hydrogens (primary N) is 1. The van der Waals surface area contributed by atoms with Gasteiger partial charge < -0.3 is 20.7 Å². The lowest BCUT2D eigenvalue weighted by molar-refractivity contribution is -0.145. The molecule has 6 heteroatoms. The number of likely N-dealkylation sites (N-methyl/N-ethyl adjacent to an activating group) is 1. The Hall–Kier alpha value is -2.08.